The first-order valence-electron chi connectivity index (χ1n) is 5.64. The van der Waals surface area contributed by atoms with Crippen molar-refractivity contribution in [3.8, 4) is 0 Å². The van der Waals surface area contributed by atoms with Crippen LogP contribution in [0.1, 0.15) is 0 Å². The summed E-state index contributed by atoms with van der Waals surface area (Å²) in [6.07, 6.45) is 0. The van der Waals surface area contributed by atoms with Gasteiger partial charge in [0.15, 0.2) is 0 Å². The molecule has 0 aromatic heterocycles. The van der Waals surface area contributed by atoms with E-state index in [4.69, 9.17) is 11.6 Å². The number of benzene rings is 1. The summed E-state index contributed by atoms with van der Waals surface area (Å²) in [7, 11) is 1.88. The summed E-state index contributed by atoms with van der Waals surface area (Å²) < 4.78 is 0. The van der Waals surface area contributed by atoms with Gasteiger partial charge in [-0.3, -0.25) is 4.79 Å². The van der Waals surface area contributed by atoms with Gasteiger partial charge >= 0.3 is 0 Å². The highest BCUT2D eigenvalue weighted by molar-refractivity contribution is 6.33. The highest BCUT2D eigenvalue weighted by Crippen LogP contribution is 2.25. The maximum Gasteiger partial charge on any atom is 0.239 e. The summed E-state index contributed by atoms with van der Waals surface area (Å²) in [5.41, 5.74) is 0.921. The van der Waals surface area contributed by atoms with E-state index in [9.17, 15) is 4.79 Å². The lowest BCUT2D eigenvalue weighted by Gasteiger charge is -2.34. The number of carbonyl (C=O) groups is 1. The maximum absolute atomic E-state index is 11.6. The average Bonchev–Trinajstić information content (AvgIpc) is 2.29. The van der Waals surface area contributed by atoms with Crippen LogP contribution in [0.15, 0.2) is 24.3 Å². The number of anilines is 1. The van der Waals surface area contributed by atoms with Gasteiger partial charge in [-0.05, 0) is 19.2 Å². The molecule has 1 atom stereocenters. The Kier molecular flexibility index (Phi) is 3.86. The molecule has 5 heteroatoms. The lowest BCUT2D eigenvalue weighted by molar-refractivity contribution is -0.121. The van der Waals surface area contributed by atoms with Crippen LogP contribution in [0, 0.1) is 0 Å². The highest BCUT2D eigenvalue weighted by Gasteiger charge is 2.25. The topological polar surface area (TPSA) is 44.4 Å². The summed E-state index contributed by atoms with van der Waals surface area (Å²) in [6.45, 7) is 1.90. The van der Waals surface area contributed by atoms with Crippen LogP contribution in [0.25, 0.3) is 0 Å². The molecule has 0 bridgehead atoms. The number of nitrogens with one attached hydrogen (secondary N) is 2. The quantitative estimate of drug-likeness (QED) is 0.840. The molecule has 4 nitrogen and oxygen atoms in total. The number of hydrogen-bond acceptors (Lipinski definition) is 3. The van der Waals surface area contributed by atoms with Crippen molar-refractivity contribution in [1.82, 2.24) is 10.6 Å². The summed E-state index contributed by atoms with van der Waals surface area (Å²) >= 11 is 6.14. The molecule has 2 N–H and O–H groups in total. The SMILES string of the molecule is CNCC1CN(c2ccccc2Cl)CC(=O)N1. The van der Waals surface area contributed by atoms with Crippen LogP contribution in [0.4, 0.5) is 5.69 Å². The van der Waals surface area contributed by atoms with Gasteiger partial charge in [0.25, 0.3) is 0 Å². The Morgan fingerprint density at radius 3 is 3.00 bits per heavy atom. The number of halogens is 1. The zero-order chi connectivity index (χ0) is 12.3. The Morgan fingerprint density at radius 1 is 1.53 bits per heavy atom. The van der Waals surface area contributed by atoms with Crippen molar-refractivity contribution in [3.05, 3.63) is 29.3 Å². The van der Waals surface area contributed by atoms with Gasteiger partial charge in [-0.1, -0.05) is 23.7 Å². The van der Waals surface area contributed by atoms with Crippen molar-refractivity contribution < 1.29 is 4.79 Å². The Labute approximate surface area is 106 Å². The second kappa shape index (κ2) is 5.38. The first kappa shape index (κ1) is 12.2. The third kappa shape index (κ3) is 2.90. The Hall–Kier alpha value is -1.26. The monoisotopic (exact) mass is 253 g/mol. The van der Waals surface area contributed by atoms with E-state index in [1.165, 1.54) is 0 Å². The molecule has 1 aromatic carbocycles. The van der Waals surface area contributed by atoms with Crippen molar-refractivity contribution in [2.45, 2.75) is 6.04 Å². The molecule has 1 aliphatic heterocycles. The number of piperazine rings is 1. The Morgan fingerprint density at radius 2 is 2.29 bits per heavy atom. The first-order chi connectivity index (χ1) is 8.20. The third-order valence-corrected chi connectivity index (χ3v) is 3.10. The Balaban J connectivity index is 2.15. The summed E-state index contributed by atoms with van der Waals surface area (Å²) in [5.74, 6) is 0.0384. The zero-order valence-electron chi connectivity index (χ0n) is 9.74. The predicted molar refractivity (Wildman–Crippen MR) is 69.5 cm³/mol. The van der Waals surface area contributed by atoms with Gasteiger partial charge in [-0.25, -0.2) is 0 Å². The molecule has 1 aliphatic rings. The average molecular weight is 254 g/mol. The molecule has 1 saturated heterocycles. The number of hydrogen-bond donors (Lipinski definition) is 2. The van der Waals surface area contributed by atoms with Crippen LogP contribution < -0.4 is 15.5 Å². The maximum atomic E-state index is 11.6. The van der Waals surface area contributed by atoms with E-state index >= 15 is 0 Å². The smallest absolute Gasteiger partial charge is 0.239 e. The van der Waals surface area contributed by atoms with Gasteiger partial charge in [0.2, 0.25) is 5.91 Å². The van der Waals surface area contributed by atoms with Gasteiger partial charge in [0.1, 0.15) is 0 Å². The number of para-hydroxylation sites is 1. The van der Waals surface area contributed by atoms with Crippen LogP contribution in [0.2, 0.25) is 5.02 Å². The van der Waals surface area contributed by atoms with Gasteiger partial charge in [-0.15, -0.1) is 0 Å². The predicted octanol–water partition coefficient (Wildman–Crippen LogP) is 0.864. The summed E-state index contributed by atoms with van der Waals surface area (Å²) in [5, 5.41) is 6.71. The molecule has 0 aliphatic carbocycles. The van der Waals surface area contributed by atoms with E-state index in [1.54, 1.807) is 0 Å². The molecular formula is C12H16ClN3O. The third-order valence-electron chi connectivity index (χ3n) is 2.78. The first-order valence-corrected chi connectivity index (χ1v) is 6.02. The Bertz CT molecular complexity index is 410. The van der Waals surface area contributed by atoms with Gasteiger partial charge in [0, 0.05) is 13.1 Å². The van der Waals surface area contributed by atoms with E-state index in [0.717, 1.165) is 18.8 Å². The molecule has 0 spiro atoms. The van der Waals surface area contributed by atoms with Crippen LogP contribution in [-0.4, -0.2) is 38.6 Å². The van der Waals surface area contributed by atoms with Crippen molar-refractivity contribution in [2.75, 3.05) is 31.6 Å². The lowest BCUT2D eigenvalue weighted by atomic mass is 10.1. The molecule has 0 radical (unpaired) electrons. The molecule has 1 heterocycles. The second-order valence-corrected chi connectivity index (χ2v) is 4.56. The summed E-state index contributed by atoms with van der Waals surface area (Å²) in [4.78, 5) is 13.6. The van der Waals surface area contributed by atoms with Crippen LogP contribution in [0.5, 0.6) is 0 Å². The number of amides is 1. The van der Waals surface area contributed by atoms with E-state index in [0.29, 0.717) is 11.6 Å². The van der Waals surface area contributed by atoms with Gasteiger partial charge < -0.3 is 15.5 Å². The van der Waals surface area contributed by atoms with Crippen LogP contribution in [-0.2, 0) is 4.79 Å². The van der Waals surface area contributed by atoms with Crippen LogP contribution >= 0.6 is 11.6 Å². The number of nitrogens with zero attached hydrogens (tertiary/aromatic N) is 1. The van der Waals surface area contributed by atoms with Gasteiger partial charge in [-0.2, -0.15) is 0 Å². The van der Waals surface area contributed by atoms with E-state index < -0.39 is 0 Å². The standard InChI is InChI=1S/C12H16ClN3O/c1-14-6-9-7-16(8-12(17)15-9)11-5-3-2-4-10(11)13/h2-5,9,14H,6-8H2,1H3,(H,15,17). The van der Waals surface area contributed by atoms with E-state index in [-0.39, 0.29) is 11.9 Å². The number of rotatable bonds is 3. The number of likely N-dealkylation sites (N-methyl/N-ethyl adjacent to an activating group) is 1. The van der Waals surface area contributed by atoms with E-state index in [2.05, 4.69) is 10.6 Å². The normalized spacial score (nSPS) is 20.2. The minimum absolute atomic E-state index is 0.0384. The molecule has 2 rings (SSSR count). The second-order valence-electron chi connectivity index (χ2n) is 4.15. The van der Waals surface area contributed by atoms with Crippen molar-refractivity contribution >= 4 is 23.2 Å². The fourth-order valence-electron chi connectivity index (χ4n) is 2.08. The molecule has 1 aromatic rings. The molecule has 1 unspecified atom stereocenters. The minimum Gasteiger partial charge on any atom is -0.359 e. The molecule has 92 valence electrons. The highest BCUT2D eigenvalue weighted by atomic mass is 35.5. The van der Waals surface area contributed by atoms with Crippen molar-refractivity contribution in [2.24, 2.45) is 0 Å². The van der Waals surface area contributed by atoms with Crippen molar-refractivity contribution in [1.29, 1.82) is 0 Å². The molecule has 17 heavy (non-hydrogen) atoms. The van der Waals surface area contributed by atoms with Crippen molar-refractivity contribution in [3.63, 3.8) is 0 Å². The van der Waals surface area contributed by atoms with Gasteiger partial charge in [0.05, 0.1) is 23.3 Å². The number of carbonyl (C=O) groups excluding carboxylic acids is 1. The lowest BCUT2D eigenvalue weighted by Crippen LogP contribution is -2.57. The van der Waals surface area contributed by atoms with Crippen LogP contribution in [0.3, 0.4) is 0 Å². The van der Waals surface area contributed by atoms with E-state index in [1.807, 2.05) is 36.2 Å². The zero-order valence-corrected chi connectivity index (χ0v) is 10.5. The summed E-state index contributed by atoms with van der Waals surface area (Å²) in [6, 6.07) is 7.73. The fourth-order valence-corrected chi connectivity index (χ4v) is 2.33. The minimum atomic E-state index is 0.0384. The molecular weight excluding hydrogens is 238 g/mol. The fraction of sp³-hybridized carbons (Fsp3) is 0.417. The largest absolute Gasteiger partial charge is 0.359 e. The molecule has 0 saturated carbocycles. The molecule has 1 fully saturated rings. The molecule has 1 amide bonds.